The van der Waals surface area contributed by atoms with E-state index in [1.165, 1.54) is 4.57 Å². The van der Waals surface area contributed by atoms with Crippen molar-refractivity contribution >= 4 is 5.91 Å². The first kappa shape index (κ1) is 19.6. The Morgan fingerprint density at radius 3 is 2.43 bits per heavy atom. The minimum Gasteiger partial charge on any atom is -0.345 e. The molecule has 6 nitrogen and oxygen atoms in total. The van der Waals surface area contributed by atoms with E-state index in [0.717, 1.165) is 33.8 Å². The fraction of sp³-hybridized carbons (Fsp3) is 0.318. The van der Waals surface area contributed by atoms with E-state index in [2.05, 4.69) is 10.4 Å². The van der Waals surface area contributed by atoms with Gasteiger partial charge < -0.3 is 9.88 Å². The van der Waals surface area contributed by atoms with E-state index < -0.39 is 0 Å². The molecule has 2 heterocycles. The molecule has 0 saturated heterocycles. The minimum atomic E-state index is -0.376. The summed E-state index contributed by atoms with van der Waals surface area (Å²) in [6.07, 6.45) is 1.77. The van der Waals surface area contributed by atoms with Crippen molar-refractivity contribution in [2.75, 3.05) is 0 Å². The van der Waals surface area contributed by atoms with Crippen LogP contribution < -0.4 is 10.9 Å². The van der Waals surface area contributed by atoms with Gasteiger partial charge in [0.15, 0.2) is 0 Å². The quantitative estimate of drug-likeness (QED) is 0.757. The minimum absolute atomic E-state index is 0.154. The molecule has 1 N–H and O–H groups in total. The van der Waals surface area contributed by atoms with Crippen molar-refractivity contribution in [2.45, 2.75) is 40.7 Å². The molecule has 1 atom stereocenters. The highest BCUT2D eigenvalue weighted by Gasteiger charge is 2.20. The number of benzene rings is 1. The van der Waals surface area contributed by atoms with Gasteiger partial charge in [-0.15, -0.1) is 0 Å². The first-order valence-corrected chi connectivity index (χ1v) is 9.31. The Hall–Kier alpha value is -3.15. The SMILES string of the molecule is Cc1ccccc1-n1ncc([C@H](C)NC(=O)c2cc(C)c(C)n(C)c2=O)c1C. The van der Waals surface area contributed by atoms with Crippen LogP contribution in [0, 0.1) is 27.7 Å². The molecule has 1 aromatic carbocycles. The number of nitrogens with zero attached hydrogens (tertiary/aromatic N) is 3. The number of pyridine rings is 1. The summed E-state index contributed by atoms with van der Waals surface area (Å²) in [5.41, 5.74) is 5.62. The van der Waals surface area contributed by atoms with Crippen LogP contribution in [0.4, 0.5) is 0 Å². The summed E-state index contributed by atoms with van der Waals surface area (Å²) in [6, 6.07) is 9.40. The normalized spacial score (nSPS) is 12.1. The summed E-state index contributed by atoms with van der Waals surface area (Å²) in [5, 5.41) is 7.45. The lowest BCUT2D eigenvalue weighted by Gasteiger charge is -2.16. The third kappa shape index (κ3) is 3.38. The smallest absolute Gasteiger partial charge is 0.263 e. The summed E-state index contributed by atoms with van der Waals surface area (Å²) >= 11 is 0. The van der Waals surface area contributed by atoms with Gasteiger partial charge in [-0.1, -0.05) is 18.2 Å². The standard InChI is InChI=1S/C22H26N4O2/c1-13-9-7-8-10-20(13)26-17(5)19(12-23-26)15(3)24-21(27)18-11-14(2)16(4)25(6)22(18)28/h7-12,15H,1-6H3,(H,24,27)/t15-/m0/s1. The average molecular weight is 378 g/mol. The van der Waals surface area contributed by atoms with Gasteiger partial charge >= 0.3 is 0 Å². The molecule has 0 saturated carbocycles. The molecule has 0 fully saturated rings. The van der Waals surface area contributed by atoms with E-state index in [0.29, 0.717) is 0 Å². The molecule has 0 bridgehead atoms. The Kier molecular flexibility index (Phi) is 5.23. The van der Waals surface area contributed by atoms with Crippen molar-refractivity contribution in [3.05, 3.63) is 80.5 Å². The highest BCUT2D eigenvalue weighted by molar-refractivity contribution is 5.94. The van der Waals surface area contributed by atoms with E-state index in [-0.39, 0.29) is 23.1 Å². The lowest BCUT2D eigenvalue weighted by Crippen LogP contribution is -2.34. The molecule has 1 amide bonds. The fourth-order valence-electron chi connectivity index (χ4n) is 3.39. The van der Waals surface area contributed by atoms with Gasteiger partial charge in [0.2, 0.25) is 0 Å². The van der Waals surface area contributed by atoms with Crippen LogP contribution in [0.3, 0.4) is 0 Å². The zero-order chi connectivity index (χ0) is 20.6. The maximum absolute atomic E-state index is 12.8. The molecule has 3 rings (SSSR count). The van der Waals surface area contributed by atoms with Gasteiger partial charge in [-0.25, -0.2) is 4.68 Å². The summed E-state index contributed by atoms with van der Waals surface area (Å²) in [4.78, 5) is 25.2. The summed E-state index contributed by atoms with van der Waals surface area (Å²) in [5.74, 6) is -0.376. The van der Waals surface area contributed by atoms with Crippen LogP contribution >= 0.6 is 0 Å². The highest BCUT2D eigenvalue weighted by Crippen LogP contribution is 2.22. The van der Waals surface area contributed by atoms with Crippen molar-refractivity contribution < 1.29 is 4.79 Å². The predicted octanol–water partition coefficient (Wildman–Crippen LogP) is 3.30. The maximum atomic E-state index is 12.8. The molecule has 146 valence electrons. The molecular weight excluding hydrogens is 352 g/mol. The number of hydrogen-bond acceptors (Lipinski definition) is 3. The summed E-state index contributed by atoms with van der Waals surface area (Å²) < 4.78 is 3.39. The van der Waals surface area contributed by atoms with Crippen LogP contribution in [0.15, 0.2) is 41.3 Å². The fourth-order valence-corrected chi connectivity index (χ4v) is 3.39. The Balaban J connectivity index is 1.89. The molecule has 0 aliphatic heterocycles. The number of rotatable bonds is 4. The summed E-state index contributed by atoms with van der Waals surface area (Å²) in [6.45, 7) is 9.68. The van der Waals surface area contributed by atoms with Gasteiger partial charge in [-0.2, -0.15) is 5.10 Å². The zero-order valence-electron chi connectivity index (χ0n) is 17.2. The Morgan fingerprint density at radius 2 is 1.75 bits per heavy atom. The van der Waals surface area contributed by atoms with E-state index in [1.54, 1.807) is 19.3 Å². The number of carbonyl (C=O) groups excluding carboxylic acids is 1. The molecule has 28 heavy (non-hydrogen) atoms. The van der Waals surface area contributed by atoms with Gasteiger partial charge in [0.1, 0.15) is 5.56 Å². The lowest BCUT2D eigenvalue weighted by atomic mass is 10.1. The topological polar surface area (TPSA) is 68.9 Å². The molecule has 6 heteroatoms. The molecular formula is C22H26N4O2. The van der Waals surface area contributed by atoms with Crippen molar-refractivity contribution in [3.63, 3.8) is 0 Å². The second-order valence-corrected chi connectivity index (χ2v) is 7.27. The van der Waals surface area contributed by atoms with Crippen molar-refractivity contribution in [2.24, 2.45) is 7.05 Å². The molecule has 0 aliphatic carbocycles. The third-order valence-corrected chi connectivity index (χ3v) is 5.42. The van der Waals surface area contributed by atoms with Gasteiger partial charge in [-0.05, 0) is 57.9 Å². The van der Waals surface area contributed by atoms with E-state index >= 15 is 0 Å². The second kappa shape index (κ2) is 7.46. The monoisotopic (exact) mass is 378 g/mol. The molecule has 2 aromatic heterocycles. The van der Waals surface area contributed by atoms with Crippen molar-refractivity contribution in [3.8, 4) is 5.69 Å². The number of amides is 1. The number of para-hydroxylation sites is 1. The van der Waals surface area contributed by atoms with E-state index in [9.17, 15) is 9.59 Å². The zero-order valence-corrected chi connectivity index (χ0v) is 17.2. The van der Waals surface area contributed by atoms with E-state index in [1.807, 2.05) is 63.6 Å². The number of carbonyl (C=O) groups is 1. The van der Waals surface area contributed by atoms with Crippen molar-refractivity contribution in [1.82, 2.24) is 19.7 Å². The summed E-state index contributed by atoms with van der Waals surface area (Å²) in [7, 11) is 1.68. The van der Waals surface area contributed by atoms with E-state index in [4.69, 9.17) is 0 Å². The molecule has 3 aromatic rings. The highest BCUT2D eigenvalue weighted by atomic mass is 16.2. The lowest BCUT2D eigenvalue weighted by molar-refractivity contribution is 0.0937. The predicted molar refractivity (Wildman–Crippen MR) is 110 cm³/mol. The Labute approximate surface area is 164 Å². The van der Waals surface area contributed by atoms with Gasteiger partial charge in [0.05, 0.1) is 17.9 Å². The van der Waals surface area contributed by atoms with Crippen LogP contribution in [0.2, 0.25) is 0 Å². The Bertz CT molecular complexity index is 1110. The number of aryl methyl sites for hydroxylation is 2. The van der Waals surface area contributed by atoms with Crippen molar-refractivity contribution in [1.29, 1.82) is 0 Å². The van der Waals surface area contributed by atoms with Crippen LogP contribution in [-0.2, 0) is 7.05 Å². The van der Waals surface area contributed by atoms with Gasteiger partial charge in [-0.3, -0.25) is 9.59 Å². The Morgan fingerprint density at radius 1 is 1.07 bits per heavy atom. The van der Waals surface area contributed by atoms with Gasteiger partial charge in [0, 0.05) is 24.0 Å². The molecule has 0 aliphatic rings. The average Bonchev–Trinajstić information content (AvgIpc) is 3.04. The van der Waals surface area contributed by atoms with Crippen LogP contribution in [0.25, 0.3) is 5.69 Å². The number of nitrogens with one attached hydrogen (secondary N) is 1. The van der Waals surface area contributed by atoms with Crippen LogP contribution in [-0.4, -0.2) is 20.3 Å². The van der Waals surface area contributed by atoms with Crippen LogP contribution in [0.1, 0.15) is 51.4 Å². The maximum Gasteiger partial charge on any atom is 0.263 e. The first-order chi connectivity index (χ1) is 13.2. The van der Waals surface area contributed by atoms with Gasteiger partial charge in [0.25, 0.3) is 11.5 Å². The third-order valence-electron chi connectivity index (χ3n) is 5.42. The second-order valence-electron chi connectivity index (χ2n) is 7.27. The number of hydrogen-bond donors (Lipinski definition) is 1. The van der Waals surface area contributed by atoms with Crippen LogP contribution in [0.5, 0.6) is 0 Å². The number of aromatic nitrogens is 3. The molecule has 0 radical (unpaired) electrons. The largest absolute Gasteiger partial charge is 0.345 e. The first-order valence-electron chi connectivity index (χ1n) is 9.31. The molecule has 0 spiro atoms. The molecule has 0 unspecified atom stereocenters.